The summed E-state index contributed by atoms with van der Waals surface area (Å²) >= 11 is 0. The summed E-state index contributed by atoms with van der Waals surface area (Å²) in [6.45, 7) is 0. The van der Waals surface area contributed by atoms with Crippen LogP contribution < -0.4 is 19.6 Å². The van der Waals surface area contributed by atoms with Crippen LogP contribution in [0.15, 0.2) is 158 Å². The first-order valence-electron chi connectivity index (χ1n) is 21.4. The number of alkyl halides is 6. The lowest BCUT2D eigenvalue weighted by atomic mass is 9.67. The van der Waals surface area contributed by atoms with Gasteiger partial charge in [-0.3, -0.25) is 19.2 Å². The molecule has 0 atom stereocenters. The Balaban J connectivity index is 1.04. The fourth-order valence-electron chi connectivity index (χ4n) is 10.2. The molecule has 10 rings (SSSR count). The van der Waals surface area contributed by atoms with Crippen molar-refractivity contribution in [2.24, 2.45) is 0 Å². The fraction of sp³-hybridized carbons (Fsp3) is 0.148. The molecule has 4 amide bonds. The minimum Gasteiger partial charge on any atom is -0.378 e. The van der Waals surface area contributed by atoms with Crippen LogP contribution in [0, 0.1) is 0 Å². The third kappa shape index (κ3) is 6.08. The second kappa shape index (κ2) is 15.3. The van der Waals surface area contributed by atoms with Gasteiger partial charge in [0.25, 0.3) is 23.6 Å². The molecular formula is C54H38F6N4O4. The van der Waals surface area contributed by atoms with Crippen molar-refractivity contribution >= 4 is 46.4 Å². The molecule has 0 N–H and O–H groups in total. The van der Waals surface area contributed by atoms with Gasteiger partial charge in [-0.1, -0.05) is 84.9 Å². The van der Waals surface area contributed by atoms with Gasteiger partial charge in [0, 0.05) is 39.6 Å². The highest BCUT2D eigenvalue weighted by molar-refractivity contribution is 6.35. The van der Waals surface area contributed by atoms with Gasteiger partial charge < -0.3 is 9.80 Å². The van der Waals surface area contributed by atoms with E-state index in [0.29, 0.717) is 34.9 Å². The lowest BCUT2D eigenvalue weighted by Crippen LogP contribution is -2.55. The largest absolute Gasteiger partial charge is 0.411 e. The Morgan fingerprint density at radius 3 is 1.12 bits per heavy atom. The van der Waals surface area contributed by atoms with E-state index in [1.165, 1.54) is 24.3 Å². The van der Waals surface area contributed by atoms with Gasteiger partial charge in [0.2, 0.25) is 5.41 Å². The smallest absolute Gasteiger partial charge is 0.378 e. The monoisotopic (exact) mass is 920 g/mol. The Morgan fingerprint density at radius 1 is 0.397 bits per heavy atom. The van der Waals surface area contributed by atoms with Crippen LogP contribution in [0.1, 0.15) is 74.8 Å². The van der Waals surface area contributed by atoms with Crippen molar-refractivity contribution in [1.29, 1.82) is 0 Å². The molecule has 3 aliphatic rings. The number of rotatable bonds is 8. The third-order valence-corrected chi connectivity index (χ3v) is 13.4. The molecule has 2 heterocycles. The van der Waals surface area contributed by atoms with E-state index in [1.807, 2.05) is 91.8 Å². The molecule has 0 saturated heterocycles. The number of halogens is 6. The highest BCUT2D eigenvalue weighted by Gasteiger charge is 2.73. The lowest BCUT2D eigenvalue weighted by Gasteiger charge is -2.38. The average Bonchev–Trinajstić information content (AvgIpc) is 3.86. The molecule has 340 valence electrons. The van der Waals surface area contributed by atoms with Gasteiger partial charge in [0.1, 0.15) is 0 Å². The molecule has 7 aromatic rings. The van der Waals surface area contributed by atoms with Crippen molar-refractivity contribution in [2.75, 3.05) is 47.8 Å². The highest BCUT2D eigenvalue weighted by atomic mass is 19.4. The number of carbonyl (C=O) groups excluding carboxylic acids is 4. The Hall–Kier alpha value is -8.00. The van der Waals surface area contributed by atoms with E-state index in [9.17, 15) is 19.2 Å². The Morgan fingerprint density at radius 2 is 0.735 bits per heavy atom. The van der Waals surface area contributed by atoms with E-state index in [0.717, 1.165) is 56.1 Å². The number of benzene rings is 7. The molecule has 0 spiro atoms. The number of carbonyl (C=O) groups is 4. The lowest BCUT2D eigenvalue weighted by molar-refractivity contribution is -0.288. The van der Waals surface area contributed by atoms with E-state index in [-0.39, 0.29) is 16.9 Å². The minimum absolute atomic E-state index is 0.0415. The van der Waals surface area contributed by atoms with Gasteiger partial charge in [-0.25, -0.2) is 9.80 Å². The Kier molecular flexibility index (Phi) is 9.85. The minimum atomic E-state index is -6.12. The number of hydrogen-bond donors (Lipinski definition) is 0. The number of amides is 4. The second-order valence-corrected chi connectivity index (χ2v) is 17.4. The van der Waals surface area contributed by atoms with E-state index in [4.69, 9.17) is 0 Å². The van der Waals surface area contributed by atoms with Crippen molar-refractivity contribution < 1.29 is 45.5 Å². The van der Waals surface area contributed by atoms with Crippen LogP contribution in [0.25, 0.3) is 11.1 Å². The normalized spacial score (nSPS) is 15.1. The number of fused-ring (bicyclic) bond motifs is 5. The molecule has 0 saturated carbocycles. The zero-order valence-corrected chi connectivity index (χ0v) is 36.7. The van der Waals surface area contributed by atoms with E-state index >= 15 is 26.3 Å². The molecule has 0 bridgehead atoms. The predicted molar refractivity (Wildman–Crippen MR) is 247 cm³/mol. The van der Waals surface area contributed by atoms with E-state index < -0.39 is 74.6 Å². The van der Waals surface area contributed by atoms with Gasteiger partial charge in [0.05, 0.1) is 39.0 Å². The summed E-state index contributed by atoms with van der Waals surface area (Å²) in [5, 5.41) is 0. The maximum atomic E-state index is 15.6. The molecule has 0 aromatic heterocycles. The van der Waals surface area contributed by atoms with E-state index in [1.54, 1.807) is 43.3 Å². The summed E-state index contributed by atoms with van der Waals surface area (Å²) in [7, 11) is 7.39. The molecule has 2 aliphatic heterocycles. The summed E-state index contributed by atoms with van der Waals surface area (Å²) in [4.78, 5) is 60.7. The van der Waals surface area contributed by atoms with Crippen molar-refractivity contribution in [3.05, 3.63) is 213 Å². The SMILES string of the molecule is CN(C)c1ccc(N2C(=O)c3ccc(C(c4ccc5c(c4)C(=O)N(c4ccc(C6(c7ccc(N(C)C)cc7)c7ccccc7-c7ccccc76)cc4)C5=O)(C(F)(F)F)C(F)(F)F)cc3C2=O)cc1. The average molecular weight is 921 g/mol. The topological polar surface area (TPSA) is 81.2 Å². The van der Waals surface area contributed by atoms with Crippen LogP contribution in [-0.2, 0) is 10.8 Å². The Bertz CT molecular complexity index is 3190. The number of imide groups is 2. The van der Waals surface area contributed by atoms with Crippen molar-refractivity contribution in [1.82, 2.24) is 0 Å². The summed E-state index contributed by atoms with van der Waals surface area (Å²) in [6.07, 6.45) is -12.2. The number of anilines is 4. The van der Waals surface area contributed by atoms with Crippen LogP contribution in [0.3, 0.4) is 0 Å². The van der Waals surface area contributed by atoms with Gasteiger partial charge in [-0.15, -0.1) is 0 Å². The molecule has 1 aliphatic carbocycles. The van der Waals surface area contributed by atoms with Crippen LogP contribution in [-0.4, -0.2) is 64.2 Å². The Labute approximate surface area is 386 Å². The van der Waals surface area contributed by atoms with Crippen molar-refractivity contribution in [3.8, 4) is 11.1 Å². The van der Waals surface area contributed by atoms with Crippen LogP contribution in [0.5, 0.6) is 0 Å². The maximum Gasteiger partial charge on any atom is 0.411 e. The summed E-state index contributed by atoms with van der Waals surface area (Å²) in [6, 6.07) is 40.3. The molecule has 68 heavy (non-hydrogen) atoms. The first kappa shape index (κ1) is 43.9. The molecule has 0 radical (unpaired) electrons. The summed E-state index contributed by atoms with van der Waals surface area (Å²) in [5.74, 6) is -4.12. The second-order valence-electron chi connectivity index (χ2n) is 17.4. The van der Waals surface area contributed by atoms with Crippen LogP contribution in [0.2, 0.25) is 0 Å². The zero-order valence-electron chi connectivity index (χ0n) is 36.7. The summed E-state index contributed by atoms with van der Waals surface area (Å²) in [5.41, 5.74) is -3.14. The standard InChI is InChI=1S/C54H38F6N4O4/c1-61(2)35-19-13-31(14-20-35)51(45-11-7-5-9-39(45)40-10-6-8-12-46(40)51)32-15-21-37(22-16-32)63-47(65)41-27-17-33(29-43(41)49(63)67)52(53(55,56)57,54(58,59)60)34-18-28-42-44(30-34)50(68)64(48(42)66)38-25-23-36(24-26-38)62(3)4/h5-30H,1-4H3. The molecule has 7 aromatic carbocycles. The van der Waals surface area contributed by atoms with Gasteiger partial charge in [0.15, 0.2) is 0 Å². The third-order valence-electron chi connectivity index (χ3n) is 13.4. The number of hydrogen-bond acceptors (Lipinski definition) is 6. The van der Waals surface area contributed by atoms with Crippen LogP contribution in [0.4, 0.5) is 49.1 Å². The van der Waals surface area contributed by atoms with Gasteiger partial charge in [-0.05, 0) is 117 Å². The maximum absolute atomic E-state index is 15.6. The van der Waals surface area contributed by atoms with E-state index in [2.05, 4.69) is 0 Å². The quantitative estimate of drug-likeness (QED) is 0.112. The van der Waals surface area contributed by atoms with Crippen LogP contribution >= 0.6 is 0 Å². The fourth-order valence-corrected chi connectivity index (χ4v) is 10.2. The molecule has 14 heteroatoms. The van der Waals surface area contributed by atoms with Crippen molar-refractivity contribution in [2.45, 2.75) is 23.2 Å². The molecule has 0 fully saturated rings. The molecular weight excluding hydrogens is 883 g/mol. The predicted octanol–water partition coefficient (Wildman–Crippen LogP) is 11.2. The highest BCUT2D eigenvalue weighted by Crippen LogP contribution is 2.58. The first-order valence-corrected chi connectivity index (χ1v) is 21.4. The number of nitrogens with zero attached hydrogens (tertiary/aromatic N) is 4. The molecule has 8 nitrogen and oxygen atoms in total. The first-order chi connectivity index (χ1) is 32.3. The van der Waals surface area contributed by atoms with Crippen molar-refractivity contribution in [3.63, 3.8) is 0 Å². The van der Waals surface area contributed by atoms with Gasteiger partial charge >= 0.3 is 12.4 Å². The van der Waals surface area contributed by atoms with Gasteiger partial charge in [-0.2, -0.15) is 26.3 Å². The molecule has 0 unspecified atom stereocenters. The summed E-state index contributed by atoms with van der Waals surface area (Å²) < 4.78 is 93.5. The zero-order chi connectivity index (χ0) is 48.2.